The first kappa shape index (κ1) is 34.3. The SMILES string of the molecule is COc1ccc(-c2nn([C@@H](C)c3nc4cccc(Cl)c4c(=O)n3-c3ccccc3)c3ncnc(N)c23)c(F)c1F.O=C(O)C[C@@H](O)C(=O)O. The smallest absolute Gasteiger partial charge is 0.333 e. The van der Waals surface area contributed by atoms with Crippen LogP contribution >= 0.6 is 11.6 Å². The molecule has 0 bridgehead atoms. The van der Waals surface area contributed by atoms with Gasteiger partial charge in [0, 0.05) is 5.56 Å². The third kappa shape index (κ3) is 6.59. The van der Waals surface area contributed by atoms with Crippen LogP contribution in [0.5, 0.6) is 5.75 Å². The van der Waals surface area contributed by atoms with Crippen molar-refractivity contribution >= 4 is 51.3 Å². The van der Waals surface area contributed by atoms with E-state index in [9.17, 15) is 18.8 Å². The Balaban J connectivity index is 0.000000459. The van der Waals surface area contributed by atoms with Crippen LogP contribution in [-0.2, 0) is 9.59 Å². The van der Waals surface area contributed by atoms with Crippen LogP contribution in [0.1, 0.15) is 25.2 Å². The molecule has 0 aliphatic carbocycles. The van der Waals surface area contributed by atoms with Crippen molar-refractivity contribution in [2.45, 2.75) is 25.5 Å². The maximum Gasteiger partial charge on any atom is 0.333 e. The summed E-state index contributed by atoms with van der Waals surface area (Å²) in [6, 6.07) is 15.9. The van der Waals surface area contributed by atoms with E-state index in [1.165, 1.54) is 34.8 Å². The zero-order chi connectivity index (χ0) is 35.6. The summed E-state index contributed by atoms with van der Waals surface area (Å²) in [5.41, 5.74) is 6.87. The third-order valence-electron chi connectivity index (χ3n) is 7.32. The Morgan fingerprint density at radius 2 is 1.71 bits per heavy atom. The van der Waals surface area contributed by atoms with Gasteiger partial charge in [0.2, 0.25) is 5.82 Å². The van der Waals surface area contributed by atoms with E-state index in [1.54, 1.807) is 49.4 Å². The molecular formula is C32H26ClF2N7O7. The van der Waals surface area contributed by atoms with Crippen LogP contribution in [0.3, 0.4) is 0 Å². The van der Waals surface area contributed by atoms with Gasteiger partial charge in [-0.2, -0.15) is 9.49 Å². The number of hydrogen-bond donors (Lipinski definition) is 4. The summed E-state index contributed by atoms with van der Waals surface area (Å²) in [6.07, 6.45) is -1.30. The van der Waals surface area contributed by atoms with Crippen LogP contribution in [0.25, 0.3) is 38.9 Å². The molecule has 0 amide bonds. The Hall–Kier alpha value is -6.00. The lowest BCUT2D eigenvalue weighted by molar-refractivity contribution is -0.152. The number of aromatic nitrogens is 6. The second-order valence-corrected chi connectivity index (χ2v) is 10.8. The first-order chi connectivity index (χ1) is 23.3. The second kappa shape index (κ2) is 14.0. The molecule has 5 N–H and O–H groups in total. The molecule has 0 aliphatic rings. The number of ether oxygens (including phenoxy) is 1. The van der Waals surface area contributed by atoms with Crippen molar-refractivity contribution in [3.05, 3.63) is 99.8 Å². The number of nitrogen functional groups attached to an aromatic ring is 1. The summed E-state index contributed by atoms with van der Waals surface area (Å²) in [5, 5.41) is 29.5. The van der Waals surface area contributed by atoms with Crippen molar-refractivity contribution in [1.29, 1.82) is 0 Å². The number of aliphatic carboxylic acids is 2. The van der Waals surface area contributed by atoms with Crippen LogP contribution < -0.4 is 16.0 Å². The molecule has 17 heteroatoms. The van der Waals surface area contributed by atoms with Gasteiger partial charge in [-0.3, -0.25) is 14.2 Å². The van der Waals surface area contributed by atoms with Gasteiger partial charge in [-0.15, -0.1) is 0 Å². The Bertz CT molecular complexity index is 2280. The summed E-state index contributed by atoms with van der Waals surface area (Å²) in [7, 11) is 1.24. The zero-order valence-corrected chi connectivity index (χ0v) is 26.3. The number of carbonyl (C=O) groups is 2. The summed E-state index contributed by atoms with van der Waals surface area (Å²) in [6.45, 7) is 1.76. The Morgan fingerprint density at radius 1 is 1.00 bits per heavy atom. The number of anilines is 1. The number of nitrogens with zero attached hydrogens (tertiary/aromatic N) is 6. The number of para-hydroxylation sites is 1. The number of halogens is 3. The van der Waals surface area contributed by atoms with Crippen molar-refractivity contribution in [2.75, 3.05) is 12.8 Å². The van der Waals surface area contributed by atoms with Gasteiger partial charge in [0.05, 0.1) is 40.5 Å². The number of rotatable bonds is 8. The minimum Gasteiger partial charge on any atom is -0.494 e. The number of fused-ring (bicyclic) bond motifs is 2. The molecule has 14 nitrogen and oxygen atoms in total. The summed E-state index contributed by atoms with van der Waals surface area (Å²) < 4.78 is 37.7. The number of carboxylic acid groups (broad SMARTS) is 2. The fourth-order valence-corrected chi connectivity index (χ4v) is 5.25. The van der Waals surface area contributed by atoms with E-state index in [1.807, 2.05) is 6.07 Å². The first-order valence-electron chi connectivity index (χ1n) is 14.3. The fraction of sp³-hybridized carbons (Fsp3) is 0.156. The van der Waals surface area contributed by atoms with E-state index in [0.717, 1.165) is 0 Å². The Kier molecular flexibility index (Phi) is 9.81. The minimum absolute atomic E-state index is 0.0211. The van der Waals surface area contributed by atoms with Crippen molar-refractivity contribution in [1.82, 2.24) is 29.3 Å². The van der Waals surface area contributed by atoms with Crippen LogP contribution in [0.4, 0.5) is 14.6 Å². The molecule has 3 aromatic carbocycles. The van der Waals surface area contributed by atoms with E-state index in [-0.39, 0.29) is 49.8 Å². The van der Waals surface area contributed by atoms with E-state index in [2.05, 4.69) is 15.1 Å². The van der Waals surface area contributed by atoms with Gasteiger partial charge in [0.1, 0.15) is 29.7 Å². The molecule has 3 aromatic heterocycles. The monoisotopic (exact) mass is 693 g/mol. The molecule has 6 aromatic rings. The number of benzene rings is 3. The van der Waals surface area contributed by atoms with Crippen molar-refractivity contribution in [2.24, 2.45) is 0 Å². The molecule has 49 heavy (non-hydrogen) atoms. The van der Waals surface area contributed by atoms with Gasteiger partial charge >= 0.3 is 11.9 Å². The number of methoxy groups -OCH3 is 1. The molecule has 0 radical (unpaired) electrons. The molecule has 6 rings (SSSR count). The second-order valence-electron chi connectivity index (χ2n) is 10.4. The van der Waals surface area contributed by atoms with Crippen LogP contribution in [0.2, 0.25) is 5.02 Å². The van der Waals surface area contributed by atoms with Gasteiger partial charge in [0.15, 0.2) is 23.3 Å². The topological polar surface area (TPSA) is 209 Å². The predicted molar refractivity (Wildman–Crippen MR) is 174 cm³/mol. The number of hydrogen-bond acceptors (Lipinski definition) is 10. The quantitative estimate of drug-likeness (QED) is 0.177. The standard InChI is InChI=1S/C28H20ClF2N7O2.C4H6O5/c1-14(26-35-18-10-6-9-17(29)20(18)28(39)37(26)15-7-4-3-5-8-15)38-27-21(25(32)33-13-34-27)24(36-38)16-11-12-19(40-2)23(31)22(16)30;5-2(4(8)9)1-3(6)7/h3-14H,1-2H3,(H2,32,33,34);2,5H,1H2,(H,6,7)(H,8,9)/t14-;2-/m01/s1. The summed E-state index contributed by atoms with van der Waals surface area (Å²) >= 11 is 6.41. The highest BCUT2D eigenvalue weighted by Gasteiger charge is 2.28. The lowest BCUT2D eigenvalue weighted by Gasteiger charge is -2.19. The molecule has 2 atom stereocenters. The van der Waals surface area contributed by atoms with Crippen LogP contribution in [0, 0.1) is 11.6 Å². The molecule has 0 saturated heterocycles. The summed E-state index contributed by atoms with van der Waals surface area (Å²) in [4.78, 5) is 46.5. The van der Waals surface area contributed by atoms with E-state index in [4.69, 9.17) is 42.4 Å². The largest absolute Gasteiger partial charge is 0.494 e. The lowest BCUT2D eigenvalue weighted by atomic mass is 10.1. The van der Waals surface area contributed by atoms with Crippen molar-refractivity contribution < 1.29 is 38.4 Å². The van der Waals surface area contributed by atoms with Crippen LogP contribution in [-0.4, -0.2) is 69.8 Å². The molecule has 0 fully saturated rings. The van der Waals surface area contributed by atoms with Gasteiger partial charge in [-0.25, -0.2) is 28.8 Å². The normalized spacial score (nSPS) is 12.3. The molecular weight excluding hydrogens is 668 g/mol. The minimum atomic E-state index is -1.79. The highest BCUT2D eigenvalue weighted by Crippen LogP contribution is 2.36. The average molecular weight is 694 g/mol. The first-order valence-corrected chi connectivity index (χ1v) is 14.6. The molecule has 0 aliphatic heterocycles. The fourth-order valence-electron chi connectivity index (χ4n) is 5.00. The Labute approximate surface area is 279 Å². The van der Waals surface area contributed by atoms with Gasteiger partial charge in [-0.1, -0.05) is 35.9 Å². The maximum atomic E-state index is 15.2. The molecule has 3 heterocycles. The average Bonchev–Trinajstić information content (AvgIpc) is 3.46. The molecule has 0 saturated carbocycles. The third-order valence-corrected chi connectivity index (χ3v) is 7.64. The van der Waals surface area contributed by atoms with Crippen molar-refractivity contribution in [3.8, 4) is 22.7 Å². The summed E-state index contributed by atoms with van der Waals surface area (Å²) in [5.74, 6) is -5.11. The van der Waals surface area contributed by atoms with E-state index < -0.39 is 42.1 Å². The van der Waals surface area contributed by atoms with Gasteiger partial charge < -0.3 is 25.8 Å². The molecule has 0 unspecified atom stereocenters. The van der Waals surface area contributed by atoms with Crippen molar-refractivity contribution in [3.63, 3.8) is 0 Å². The predicted octanol–water partition coefficient (Wildman–Crippen LogP) is 4.23. The number of aliphatic hydroxyl groups is 1. The zero-order valence-electron chi connectivity index (χ0n) is 25.6. The lowest BCUT2D eigenvalue weighted by Crippen LogP contribution is -2.27. The van der Waals surface area contributed by atoms with E-state index >= 15 is 4.39 Å². The molecule has 0 spiro atoms. The van der Waals surface area contributed by atoms with Gasteiger partial charge in [0.25, 0.3) is 5.56 Å². The van der Waals surface area contributed by atoms with Gasteiger partial charge in [-0.05, 0) is 43.3 Å². The highest BCUT2D eigenvalue weighted by atomic mass is 35.5. The number of nitrogens with two attached hydrogens (primary N) is 1. The van der Waals surface area contributed by atoms with Crippen LogP contribution in [0.15, 0.2) is 71.8 Å². The van der Waals surface area contributed by atoms with E-state index in [0.29, 0.717) is 17.0 Å². The highest BCUT2D eigenvalue weighted by molar-refractivity contribution is 6.35. The Morgan fingerprint density at radius 3 is 2.35 bits per heavy atom. The maximum absolute atomic E-state index is 15.2. The number of carboxylic acids is 2. The molecule has 252 valence electrons. The number of aliphatic hydroxyl groups excluding tert-OH is 1.